The van der Waals surface area contributed by atoms with E-state index in [0.29, 0.717) is 18.1 Å². The van der Waals surface area contributed by atoms with Crippen molar-refractivity contribution in [3.8, 4) is 0 Å². The molecule has 0 atom stereocenters. The molecule has 0 fully saturated rings. The summed E-state index contributed by atoms with van der Waals surface area (Å²) in [5.41, 5.74) is 0. The number of amides is 1. The van der Waals surface area contributed by atoms with E-state index in [0.717, 1.165) is 13.1 Å². The zero-order chi connectivity index (χ0) is 30.6. The van der Waals surface area contributed by atoms with E-state index in [4.69, 9.17) is 0 Å². The van der Waals surface area contributed by atoms with Gasteiger partial charge < -0.3 is 4.90 Å². The van der Waals surface area contributed by atoms with Crippen molar-refractivity contribution in [2.45, 2.75) is 226 Å². The predicted octanol–water partition coefficient (Wildman–Crippen LogP) is 13.7. The number of carbonyl (C=O) groups excluding carboxylic acids is 1. The lowest BCUT2D eigenvalue weighted by molar-refractivity contribution is -0.130. The molecule has 0 aromatic heterocycles. The number of rotatable bonds is 36. The molecule has 3 heteroatoms. The summed E-state index contributed by atoms with van der Waals surface area (Å²) < 4.78 is 0. The molecular formula is C39H79NOS. The normalized spacial score (nSPS) is 11.4. The Balaban J connectivity index is 3.57. The molecule has 0 aliphatic carbocycles. The fourth-order valence-electron chi connectivity index (χ4n) is 6.32. The molecule has 0 saturated carbocycles. The zero-order valence-electron chi connectivity index (χ0n) is 29.3. The Morgan fingerprint density at radius 3 is 0.810 bits per heavy atom. The fraction of sp³-hybridized carbons (Fsp3) is 0.974. The molecule has 2 nitrogen and oxygen atoms in total. The van der Waals surface area contributed by atoms with Crippen LogP contribution < -0.4 is 0 Å². The maximum Gasteiger partial charge on any atom is 0.223 e. The molecule has 0 aromatic carbocycles. The van der Waals surface area contributed by atoms with Crippen molar-refractivity contribution in [3.05, 3.63) is 0 Å². The fourth-order valence-corrected chi connectivity index (χ4v) is 6.51. The van der Waals surface area contributed by atoms with Crippen LogP contribution in [-0.2, 0) is 4.79 Å². The van der Waals surface area contributed by atoms with Crippen LogP contribution >= 0.6 is 12.6 Å². The van der Waals surface area contributed by atoms with Gasteiger partial charge >= 0.3 is 0 Å². The minimum Gasteiger partial charge on any atom is -0.343 e. The van der Waals surface area contributed by atoms with Gasteiger partial charge in [0.05, 0.1) is 0 Å². The van der Waals surface area contributed by atoms with Crippen molar-refractivity contribution in [3.63, 3.8) is 0 Å². The lowest BCUT2D eigenvalue weighted by Crippen LogP contribution is -2.33. The second-order valence-corrected chi connectivity index (χ2v) is 13.9. The molecule has 0 aliphatic rings. The largest absolute Gasteiger partial charge is 0.343 e. The lowest BCUT2D eigenvalue weighted by Gasteiger charge is -2.22. The first-order valence-electron chi connectivity index (χ1n) is 19.6. The van der Waals surface area contributed by atoms with E-state index in [-0.39, 0.29) is 0 Å². The van der Waals surface area contributed by atoms with Gasteiger partial charge in [-0.2, -0.15) is 12.6 Å². The van der Waals surface area contributed by atoms with Gasteiger partial charge in [0.1, 0.15) is 0 Å². The van der Waals surface area contributed by atoms with Gasteiger partial charge in [-0.25, -0.2) is 0 Å². The number of nitrogens with zero attached hydrogens (tertiary/aromatic N) is 1. The highest BCUT2D eigenvalue weighted by molar-refractivity contribution is 7.80. The topological polar surface area (TPSA) is 20.3 Å². The molecule has 252 valence electrons. The quantitative estimate of drug-likeness (QED) is 0.0553. The van der Waals surface area contributed by atoms with E-state index in [1.54, 1.807) is 0 Å². The van der Waals surface area contributed by atoms with Crippen molar-refractivity contribution in [1.29, 1.82) is 0 Å². The van der Waals surface area contributed by atoms with E-state index >= 15 is 0 Å². The summed E-state index contributed by atoms with van der Waals surface area (Å²) in [6.07, 6.45) is 45.3. The van der Waals surface area contributed by atoms with E-state index < -0.39 is 0 Å². The summed E-state index contributed by atoms with van der Waals surface area (Å²) in [6.45, 7) is 6.52. The van der Waals surface area contributed by atoms with Crippen LogP contribution in [0.3, 0.4) is 0 Å². The Morgan fingerprint density at radius 2 is 0.595 bits per heavy atom. The Bertz CT molecular complexity index is 475. The van der Waals surface area contributed by atoms with Crippen molar-refractivity contribution in [1.82, 2.24) is 4.90 Å². The van der Waals surface area contributed by atoms with E-state index in [2.05, 4.69) is 31.4 Å². The molecular weight excluding hydrogens is 531 g/mol. The van der Waals surface area contributed by atoms with Crippen LogP contribution in [0, 0.1) is 0 Å². The summed E-state index contributed by atoms with van der Waals surface area (Å²) in [5, 5.41) is 0. The van der Waals surface area contributed by atoms with Crippen LogP contribution in [0.1, 0.15) is 226 Å². The molecule has 0 unspecified atom stereocenters. The third-order valence-corrected chi connectivity index (χ3v) is 9.47. The summed E-state index contributed by atoms with van der Waals surface area (Å²) in [4.78, 5) is 14.8. The average molecular weight is 610 g/mol. The molecule has 1 amide bonds. The zero-order valence-corrected chi connectivity index (χ0v) is 30.2. The predicted molar refractivity (Wildman–Crippen MR) is 194 cm³/mol. The summed E-state index contributed by atoms with van der Waals surface area (Å²) in [7, 11) is 0. The van der Waals surface area contributed by atoms with E-state index in [1.165, 1.54) is 205 Å². The summed E-state index contributed by atoms with van der Waals surface area (Å²) in [5.74, 6) is 1.000. The summed E-state index contributed by atoms with van der Waals surface area (Å²) >= 11 is 4.32. The van der Waals surface area contributed by atoms with Crippen LogP contribution in [0.2, 0.25) is 0 Å². The monoisotopic (exact) mass is 610 g/mol. The maximum atomic E-state index is 12.6. The molecule has 0 radical (unpaired) electrons. The third kappa shape index (κ3) is 32.7. The number of hydrogen-bond donors (Lipinski definition) is 1. The summed E-state index contributed by atoms with van der Waals surface area (Å²) in [6, 6.07) is 0. The third-order valence-electron chi connectivity index (χ3n) is 9.24. The Morgan fingerprint density at radius 1 is 0.381 bits per heavy atom. The van der Waals surface area contributed by atoms with Crippen LogP contribution in [0.5, 0.6) is 0 Å². The Labute approximate surface area is 272 Å². The highest BCUT2D eigenvalue weighted by Gasteiger charge is 2.11. The van der Waals surface area contributed by atoms with Gasteiger partial charge in [-0.05, 0) is 18.6 Å². The first kappa shape index (κ1) is 41.8. The van der Waals surface area contributed by atoms with E-state index in [1.807, 2.05) is 0 Å². The van der Waals surface area contributed by atoms with Gasteiger partial charge in [-0.3, -0.25) is 4.79 Å². The van der Waals surface area contributed by atoms with Crippen molar-refractivity contribution in [2.24, 2.45) is 0 Å². The molecule has 0 aliphatic heterocycles. The Kier molecular flexibility index (Phi) is 36.9. The molecule has 0 saturated heterocycles. The number of hydrogen-bond acceptors (Lipinski definition) is 2. The highest BCUT2D eigenvalue weighted by atomic mass is 32.1. The second-order valence-electron chi connectivity index (χ2n) is 13.5. The maximum absolute atomic E-state index is 12.6. The highest BCUT2D eigenvalue weighted by Crippen LogP contribution is 2.16. The van der Waals surface area contributed by atoms with Gasteiger partial charge in [0.15, 0.2) is 0 Å². The number of thiol groups is 1. The van der Waals surface area contributed by atoms with Gasteiger partial charge in [0, 0.05) is 19.5 Å². The molecule has 42 heavy (non-hydrogen) atoms. The Hall–Kier alpha value is -0.180. The second kappa shape index (κ2) is 37.0. The standard InChI is InChI=1S/C39H79NOS/c1-3-5-7-9-11-13-15-17-19-21-23-25-27-29-31-33-36-40(39(41)35-38-42)37-34-32-30-28-26-24-22-20-18-16-14-12-10-8-6-4-2/h42H,3-38H2,1-2H3. The van der Waals surface area contributed by atoms with Crippen molar-refractivity contribution < 1.29 is 4.79 Å². The lowest BCUT2D eigenvalue weighted by atomic mass is 10.0. The van der Waals surface area contributed by atoms with Gasteiger partial charge in [0.2, 0.25) is 5.91 Å². The molecule has 0 bridgehead atoms. The molecule has 0 heterocycles. The first-order valence-corrected chi connectivity index (χ1v) is 20.3. The first-order chi connectivity index (χ1) is 20.8. The van der Waals surface area contributed by atoms with Gasteiger partial charge in [-0.15, -0.1) is 0 Å². The minimum atomic E-state index is 0.326. The molecule has 0 rings (SSSR count). The van der Waals surface area contributed by atoms with Crippen molar-refractivity contribution in [2.75, 3.05) is 18.8 Å². The van der Waals surface area contributed by atoms with Crippen LogP contribution in [-0.4, -0.2) is 29.6 Å². The van der Waals surface area contributed by atoms with Crippen LogP contribution in [0.25, 0.3) is 0 Å². The number of unbranched alkanes of at least 4 members (excludes halogenated alkanes) is 30. The molecule has 0 N–H and O–H groups in total. The number of carbonyl (C=O) groups is 1. The van der Waals surface area contributed by atoms with Crippen LogP contribution in [0.15, 0.2) is 0 Å². The molecule has 0 aromatic rings. The minimum absolute atomic E-state index is 0.326. The van der Waals surface area contributed by atoms with E-state index in [9.17, 15) is 4.79 Å². The average Bonchev–Trinajstić information content (AvgIpc) is 2.99. The van der Waals surface area contributed by atoms with Gasteiger partial charge in [-0.1, -0.05) is 206 Å². The molecule has 0 spiro atoms. The SMILES string of the molecule is CCCCCCCCCCCCCCCCCCN(CCCCCCCCCCCCCCCCCC)C(=O)CCS. The van der Waals surface area contributed by atoms with Crippen molar-refractivity contribution >= 4 is 18.5 Å². The van der Waals surface area contributed by atoms with Gasteiger partial charge in [0.25, 0.3) is 0 Å². The van der Waals surface area contributed by atoms with Crippen LogP contribution in [0.4, 0.5) is 0 Å². The smallest absolute Gasteiger partial charge is 0.223 e.